The van der Waals surface area contributed by atoms with E-state index in [-0.39, 0.29) is 6.61 Å². The first-order valence-electron chi connectivity index (χ1n) is 11.1. The van der Waals surface area contributed by atoms with Crippen molar-refractivity contribution in [1.29, 1.82) is 0 Å². The molecule has 0 aliphatic carbocycles. The number of aliphatic hydroxyl groups is 1. The Hall–Kier alpha value is -3.38. The Morgan fingerprint density at radius 2 is 2.06 bits per heavy atom. The van der Waals surface area contributed by atoms with Gasteiger partial charge in [-0.25, -0.2) is 14.6 Å². The van der Waals surface area contributed by atoms with Crippen LogP contribution in [0.2, 0.25) is 0 Å². The standard InChI is InChI=1S/C23H21N7O4S/c1-12-26-22(30(28-12)14-7-8-15-17(9-14)35-11-25-15)21-19(31)18(27-29-24)20-16(33-21)10-32-23(34-20)13-5-3-2-4-6-13/h2-9,11,16,18-21,23,31H,10H2,1H3/t16-,18-,19-,20+,21-,23?/m1/s1. The van der Waals surface area contributed by atoms with E-state index in [1.807, 2.05) is 48.5 Å². The van der Waals surface area contributed by atoms with Crippen LogP contribution in [0.1, 0.15) is 29.6 Å². The van der Waals surface area contributed by atoms with Crippen molar-refractivity contribution in [2.45, 2.75) is 43.7 Å². The summed E-state index contributed by atoms with van der Waals surface area (Å²) in [4.78, 5) is 11.9. The van der Waals surface area contributed by atoms with Gasteiger partial charge in [0.25, 0.3) is 0 Å². The zero-order chi connectivity index (χ0) is 23.9. The van der Waals surface area contributed by atoms with Gasteiger partial charge in [-0.2, -0.15) is 5.10 Å². The number of benzene rings is 2. The largest absolute Gasteiger partial charge is 0.389 e. The average molecular weight is 492 g/mol. The number of ether oxygens (including phenoxy) is 3. The molecule has 2 saturated heterocycles. The minimum Gasteiger partial charge on any atom is -0.389 e. The zero-order valence-electron chi connectivity index (χ0n) is 18.6. The number of thiazole rings is 1. The van der Waals surface area contributed by atoms with Crippen LogP contribution in [0.15, 0.2) is 59.2 Å². The molecule has 178 valence electrons. The molecule has 0 radical (unpaired) electrons. The van der Waals surface area contributed by atoms with Gasteiger partial charge in [0.05, 0.1) is 40.2 Å². The molecule has 0 spiro atoms. The highest BCUT2D eigenvalue weighted by atomic mass is 32.1. The van der Waals surface area contributed by atoms with E-state index in [0.717, 1.165) is 21.5 Å². The molecule has 0 amide bonds. The molecule has 6 atom stereocenters. The first-order chi connectivity index (χ1) is 17.1. The second-order valence-corrected chi connectivity index (χ2v) is 9.28. The second-order valence-electron chi connectivity index (χ2n) is 8.39. The third-order valence-electron chi connectivity index (χ3n) is 6.19. The molecule has 0 bridgehead atoms. The molecule has 2 aromatic carbocycles. The highest BCUT2D eigenvalue weighted by Gasteiger charge is 2.51. The maximum absolute atomic E-state index is 11.3. The van der Waals surface area contributed by atoms with Crippen molar-refractivity contribution >= 4 is 21.6 Å². The van der Waals surface area contributed by atoms with Gasteiger partial charge >= 0.3 is 0 Å². The van der Waals surface area contributed by atoms with E-state index in [2.05, 4.69) is 25.1 Å². The molecule has 6 rings (SSSR count). The maximum Gasteiger partial charge on any atom is 0.184 e. The van der Waals surface area contributed by atoms with Crippen molar-refractivity contribution in [2.75, 3.05) is 6.61 Å². The number of fused-ring (bicyclic) bond motifs is 2. The molecule has 35 heavy (non-hydrogen) atoms. The van der Waals surface area contributed by atoms with Crippen LogP contribution in [0.5, 0.6) is 0 Å². The lowest BCUT2D eigenvalue weighted by Gasteiger charge is -2.46. The van der Waals surface area contributed by atoms with Crippen molar-refractivity contribution < 1.29 is 19.3 Å². The fraction of sp³-hybridized carbons (Fsp3) is 0.348. The fourth-order valence-corrected chi connectivity index (χ4v) is 5.29. The Bertz CT molecular complexity index is 1400. The third kappa shape index (κ3) is 3.96. The van der Waals surface area contributed by atoms with Gasteiger partial charge in [-0.05, 0) is 30.7 Å². The fourth-order valence-electron chi connectivity index (χ4n) is 4.58. The topological polar surface area (TPSA) is 140 Å². The summed E-state index contributed by atoms with van der Waals surface area (Å²) in [6.07, 6.45) is -4.05. The van der Waals surface area contributed by atoms with Gasteiger partial charge in [0.1, 0.15) is 24.1 Å². The molecule has 4 heterocycles. The van der Waals surface area contributed by atoms with Gasteiger partial charge < -0.3 is 19.3 Å². The molecule has 0 saturated carbocycles. The van der Waals surface area contributed by atoms with Crippen LogP contribution >= 0.6 is 11.3 Å². The minimum atomic E-state index is -1.21. The molecule has 2 aliphatic heterocycles. The van der Waals surface area contributed by atoms with Gasteiger partial charge in [0.2, 0.25) is 0 Å². The summed E-state index contributed by atoms with van der Waals surface area (Å²) in [5.74, 6) is 0.920. The summed E-state index contributed by atoms with van der Waals surface area (Å²) in [7, 11) is 0. The first kappa shape index (κ1) is 22.1. The van der Waals surface area contributed by atoms with Crippen LogP contribution in [-0.4, -0.2) is 55.8 Å². The molecule has 1 unspecified atom stereocenters. The van der Waals surface area contributed by atoms with Crippen molar-refractivity contribution in [1.82, 2.24) is 19.7 Å². The predicted octanol–water partition coefficient (Wildman–Crippen LogP) is 3.78. The van der Waals surface area contributed by atoms with E-state index in [1.165, 1.54) is 11.3 Å². The van der Waals surface area contributed by atoms with Crippen LogP contribution in [0.4, 0.5) is 0 Å². The lowest BCUT2D eigenvalue weighted by molar-refractivity contribution is -0.309. The zero-order valence-corrected chi connectivity index (χ0v) is 19.4. The average Bonchev–Trinajstić information content (AvgIpc) is 3.51. The van der Waals surface area contributed by atoms with Crippen LogP contribution < -0.4 is 0 Å². The number of hydrogen-bond acceptors (Lipinski definition) is 9. The number of azide groups is 1. The minimum absolute atomic E-state index is 0.199. The van der Waals surface area contributed by atoms with E-state index in [0.29, 0.717) is 11.6 Å². The molecule has 11 nitrogen and oxygen atoms in total. The molecule has 4 aromatic rings. The number of nitrogens with zero attached hydrogens (tertiary/aromatic N) is 7. The van der Waals surface area contributed by atoms with E-state index in [1.54, 1.807) is 17.1 Å². The first-order valence-corrected chi connectivity index (χ1v) is 12.0. The Morgan fingerprint density at radius 1 is 1.20 bits per heavy atom. The summed E-state index contributed by atoms with van der Waals surface area (Å²) >= 11 is 1.52. The quantitative estimate of drug-likeness (QED) is 0.260. The third-order valence-corrected chi connectivity index (χ3v) is 6.98. The van der Waals surface area contributed by atoms with E-state index in [9.17, 15) is 10.6 Å². The number of aliphatic hydroxyl groups excluding tert-OH is 1. The van der Waals surface area contributed by atoms with Crippen molar-refractivity contribution in [2.24, 2.45) is 5.11 Å². The molecule has 12 heteroatoms. The van der Waals surface area contributed by atoms with Gasteiger partial charge in [-0.15, -0.1) is 11.3 Å². The molecular weight excluding hydrogens is 470 g/mol. The van der Waals surface area contributed by atoms with Crippen molar-refractivity contribution in [3.63, 3.8) is 0 Å². The van der Waals surface area contributed by atoms with E-state index < -0.39 is 36.7 Å². The maximum atomic E-state index is 11.3. The summed E-state index contributed by atoms with van der Waals surface area (Å²) in [6, 6.07) is 14.3. The van der Waals surface area contributed by atoms with E-state index >= 15 is 0 Å². The molecule has 2 fully saturated rings. The summed E-state index contributed by atoms with van der Waals surface area (Å²) in [6.45, 7) is 1.97. The summed E-state index contributed by atoms with van der Waals surface area (Å²) < 4.78 is 21.0. The Morgan fingerprint density at radius 3 is 2.89 bits per heavy atom. The molecule has 2 aromatic heterocycles. The van der Waals surface area contributed by atoms with Crippen molar-refractivity contribution in [3.8, 4) is 5.69 Å². The van der Waals surface area contributed by atoms with Crippen LogP contribution in [0, 0.1) is 6.92 Å². The number of rotatable bonds is 4. The van der Waals surface area contributed by atoms with Crippen molar-refractivity contribution in [3.05, 3.63) is 81.7 Å². The Labute approximate surface area is 203 Å². The van der Waals surface area contributed by atoms with E-state index in [4.69, 9.17) is 14.2 Å². The Balaban J connectivity index is 1.34. The lowest BCUT2D eigenvalue weighted by atomic mass is 9.91. The van der Waals surface area contributed by atoms with Crippen LogP contribution in [-0.2, 0) is 14.2 Å². The van der Waals surface area contributed by atoms with Gasteiger partial charge in [-0.1, -0.05) is 35.4 Å². The monoisotopic (exact) mass is 491 g/mol. The normalized spacial score (nSPS) is 28.4. The van der Waals surface area contributed by atoms with Crippen LogP contribution in [0.3, 0.4) is 0 Å². The predicted molar refractivity (Wildman–Crippen MR) is 126 cm³/mol. The second kappa shape index (κ2) is 9.00. The van der Waals surface area contributed by atoms with Gasteiger partial charge in [-0.3, -0.25) is 0 Å². The Kier molecular flexibility index (Phi) is 5.69. The van der Waals surface area contributed by atoms with Crippen LogP contribution in [0.25, 0.3) is 26.3 Å². The number of aromatic nitrogens is 4. The summed E-state index contributed by atoms with van der Waals surface area (Å²) in [5, 5.41) is 19.8. The molecule has 1 N–H and O–H groups in total. The lowest BCUT2D eigenvalue weighted by Crippen LogP contribution is -2.58. The number of hydrogen-bond donors (Lipinski definition) is 1. The highest BCUT2D eigenvalue weighted by Crippen LogP contribution is 2.40. The smallest absolute Gasteiger partial charge is 0.184 e. The van der Waals surface area contributed by atoms with Gasteiger partial charge in [0.15, 0.2) is 12.1 Å². The summed E-state index contributed by atoms with van der Waals surface area (Å²) in [5.41, 5.74) is 13.5. The highest BCUT2D eigenvalue weighted by molar-refractivity contribution is 7.16. The molecule has 2 aliphatic rings. The SMILES string of the molecule is Cc1nc([C@@H]2O[C@@H]3COC(c4ccccc4)O[C@@H]3[C@H](N=[N+]=[N-])[C@H]2O)n(-c2ccc3ncsc3c2)n1. The number of aryl methyl sites for hydroxylation is 1. The van der Waals surface area contributed by atoms with Gasteiger partial charge in [0, 0.05) is 10.5 Å². The molecular formula is C23H21N7O4S.